The quantitative estimate of drug-likeness (QED) is 0.796. The molecule has 4 nitrogen and oxygen atoms in total. The van der Waals surface area contributed by atoms with Crippen molar-refractivity contribution in [2.24, 2.45) is 7.05 Å². The van der Waals surface area contributed by atoms with Crippen LogP contribution in [0.25, 0.3) is 0 Å². The molecule has 0 aliphatic carbocycles. The number of hydrogen-bond acceptors (Lipinski definition) is 3. The van der Waals surface area contributed by atoms with Crippen LogP contribution in [-0.4, -0.2) is 21.3 Å². The molecule has 1 heterocycles. The van der Waals surface area contributed by atoms with Crippen LogP contribution < -0.4 is 5.32 Å². The minimum absolute atomic E-state index is 0.289. The molecule has 5 heteroatoms. The highest BCUT2D eigenvalue weighted by molar-refractivity contribution is 14.1. The van der Waals surface area contributed by atoms with Crippen LogP contribution in [0, 0.1) is 3.57 Å². The van der Waals surface area contributed by atoms with Crippen LogP contribution in [-0.2, 0) is 13.5 Å². The van der Waals surface area contributed by atoms with Crippen molar-refractivity contribution >= 4 is 22.6 Å². The molecule has 2 aromatic rings. The molecular weight excluding hydrogens is 351 g/mol. The van der Waals surface area contributed by atoms with Crippen molar-refractivity contribution in [3.8, 4) is 0 Å². The smallest absolute Gasteiger partial charge is 0.138 e. The minimum atomic E-state index is 0.289. The molecule has 0 bridgehead atoms. The van der Waals surface area contributed by atoms with Gasteiger partial charge in [-0.05, 0) is 53.3 Å². The van der Waals surface area contributed by atoms with Crippen LogP contribution >= 0.6 is 22.6 Å². The third-order valence-corrected chi connectivity index (χ3v) is 3.75. The Kier molecular flexibility index (Phi) is 5.33. The van der Waals surface area contributed by atoms with Gasteiger partial charge >= 0.3 is 0 Å². The molecule has 1 atom stereocenters. The van der Waals surface area contributed by atoms with E-state index in [0.29, 0.717) is 0 Å². The van der Waals surface area contributed by atoms with Crippen LogP contribution in [0.5, 0.6) is 0 Å². The molecule has 1 aromatic carbocycles. The van der Waals surface area contributed by atoms with Crippen molar-refractivity contribution in [3.05, 3.63) is 45.6 Å². The first-order chi connectivity index (χ1) is 9.20. The average molecular weight is 370 g/mol. The first-order valence-electron chi connectivity index (χ1n) is 6.52. The standard InChI is InChI=1S/C14H19IN4/c1-3-7-16-13(9-14-17-10-18-19(14)2)11-5-4-6-12(15)8-11/h4-6,8,10,13,16H,3,7,9H2,1-2H3. The molecule has 1 unspecified atom stereocenters. The van der Waals surface area contributed by atoms with E-state index in [1.54, 1.807) is 6.33 Å². The van der Waals surface area contributed by atoms with Crippen molar-refractivity contribution in [1.82, 2.24) is 20.1 Å². The normalized spacial score (nSPS) is 12.6. The molecule has 19 heavy (non-hydrogen) atoms. The van der Waals surface area contributed by atoms with E-state index in [9.17, 15) is 0 Å². The Labute approximate surface area is 127 Å². The minimum Gasteiger partial charge on any atom is -0.310 e. The molecule has 2 rings (SSSR count). The molecule has 1 N–H and O–H groups in total. The monoisotopic (exact) mass is 370 g/mol. The van der Waals surface area contributed by atoms with E-state index in [0.717, 1.165) is 25.2 Å². The predicted molar refractivity (Wildman–Crippen MR) is 84.9 cm³/mol. The second-order valence-corrected chi connectivity index (χ2v) is 5.81. The highest BCUT2D eigenvalue weighted by Crippen LogP contribution is 2.19. The summed E-state index contributed by atoms with van der Waals surface area (Å²) in [6.07, 6.45) is 3.59. The van der Waals surface area contributed by atoms with Gasteiger partial charge in [0.25, 0.3) is 0 Å². The number of nitrogens with one attached hydrogen (secondary N) is 1. The molecule has 0 fully saturated rings. The van der Waals surface area contributed by atoms with Crippen molar-refractivity contribution in [1.29, 1.82) is 0 Å². The Morgan fingerprint density at radius 1 is 1.42 bits per heavy atom. The van der Waals surface area contributed by atoms with Crippen LogP contribution in [0.1, 0.15) is 30.8 Å². The van der Waals surface area contributed by atoms with Gasteiger partial charge in [0, 0.05) is 23.1 Å². The molecular formula is C14H19IN4. The van der Waals surface area contributed by atoms with Crippen molar-refractivity contribution in [2.75, 3.05) is 6.54 Å². The number of aryl methyl sites for hydroxylation is 1. The van der Waals surface area contributed by atoms with Crippen LogP contribution in [0.2, 0.25) is 0 Å². The summed E-state index contributed by atoms with van der Waals surface area (Å²) < 4.78 is 3.10. The Morgan fingerprint density at radius 2 is 2.26 bits per heavy atom. The first-order valence-corrected chi connectivity index (χ1v) is 7.60. The maximum absolute atomic E-state index is 4.32. The average Bonchev–Trinajstić information content (AvgIpc) is 2.80. The highest BCUT2D eigenvalue weighted by Gasteiger charge is 2.14. The second kappa shape index (κ2) is 7.00. The summed E-state index contributed by atoms with van der Waals surface area (Å²) >= 11 is 2.35. The Bertz CT molecular complexity index is 524. The maximum Gasteiger partial charge on any atom is 0.138 e. The molecule has 0 aliphatic heterocycles. The lowest BCUT2D eigenvalue weighted by atomic mass is 10.0. The van der Waals surface area contributed by atoms with E-state index < -0.39 is 0 Å². The zero-order chi connectivity index (χ0) is 13.7. The van der Waals surface area contributed by atoms with Crippen LogP contribution in [0.15, 0.2) is 30.6 Å². The van der Waals surface area contributed by atoms with Gasteiger partial charge in [-0.1, -0.05) is 19.1 Å². The largest absolute Gasteiger partial charge is 0.310 e. The van der Waals surface area contributed by atoms with Crippen molar-refractivity contribution in [3.63, 3.8) is 0 Å². The third kappa shape index (κ3) is 4.01. The molecule has 1 aromatic heterocycles. The highest BCUT2D eigenvalue weighted by atomic mass is 127. The second-order valence-electron chi connectivity index (χ2n) is 4.57. The third-order valence-electron chi connectivity index (χ3n) is 3.08. The van der Waals surface area contributed by atoms with Gasteiger partial charge in [-0.25, -0.2) is 4.98 Å². The number of benzene rings is 1. The molecule has 102 valence electrons. The summed E-state index contributed by atoms with van der Waals surface area (Å²) in [5, 5.41) is 7.73. The van der Waals surface area contributed by atoms with Gasteiger partial charge in [0.05, 0.1) is 0 Å². The van der Waals surface area contributed by atoms with E-state index in [-0.39, 0.29) is 6.04 Å². The summed E-state index contributed by atoms with van der Waals surface area (Å²) in [4.78, 5) is 4.32. The van der Waals surface area contributed by atoms with Gasteiger partial charge in [-0.3, -0.25) is 4.68 Å². The number of nitrogens with zero attached hydrogens (tertiary/aromatic N) is 3. The van der Waals surface area contributed by atoms with E-state index in [2.05, 4.69) is 69.2 Å². The van der Waals surface area contributed by atoms with Crippen LogP contribution in [0.4, 0.5) is 0 Å². The molecule has 0 aliphatic rings. The zero-order valence-electron chi connectivity index (χ0n) is 11.3. The van der Waals surface area contributed by atoms with Gasteiger partial charge in [0.2, 0.25) is 0 Å². The van der Waals surface area contributed by atoms with E-state index in [1.165, 1.54) is 9.13 Å². The Balaban J connectivity index is 2.18. The van der Waals surface area contributed by atoms with Gasteiger partial charge in [-0.15, -0.1) is 0 Å². The summed E-state index contributed by atoms with van der Waals surface area (Å²) in [5.41, 5.74) is 1.31. The van der Waals surface area contributed by atoms with Crippen molar-refractivity contribution < 1.29 is 0 Å². The van der Waals surface area contributed by atoms with Gasteiger partial charge in [-0.2, -0.15) is 5.10 Å². The SMILES string of the molecule is CCCNC(Cc1ncnn1C)c1cccc(I)c1. The maximum atomic E-state index is 4.32. The lowest BCUT2D eigenvalue weighted by molar-refractivity contribution is 0.506. The molecule has 0 spiro atoms. The zero-order valence-corrected chi connectivity index (χ0v) is 13.5. The molecule has 0 amide bonds. The fourth-order valence-corrected chi connectivity index (χ4v) is 2.60. The van der Waals surface area contributed by atoms with Crippen molar-refractivity contribution in [2.45, 2.75) is 25.8 Å². The van der Waals surface area contributed by atoms with Gasteiger partial charge < -0.3 is 5.32 Å². The number of hydrogen-bond donors (Lipinski definition) is 1. The molecule has 0 radical (unpaired) electrons. The Hall–Kier alpha value is -0.950. The first kappa shape index (κ1) is 14.5. The summed E-state index contributed by atoms with van der Waals surface area (Å²) in [5.74, 6) is 1.01. The number of aromatic nitrogens is 3. The van der Waals surface area contributed by atoms with E-state index in [1.807, 2.05) is 11.7 Å². The lowest BCUT2D eigenvalue weighted by Crippen LogP contribution is -2.25. The van der Waals surface area contributed by atoms with E-state index >= 15 is 0 Å². The molecule has 0 saturated heterocycles. The topological polar surface area (TPSA) is 42.7 Å². The fraction of sp³-hybridized carbons (Fsp3) is 0.429. The summed E-state index contributed by atoms with van der Waals surface area (Å²) in [6, 6.07) is 8.91. The predicted octanol–water partition coefficient (Wildman–Crippen LogP) is 2.70. The lowest BCUT2D eigenvalue weighted by Gasteiger charge is -2.18. The summed E-state index contributed by atoms with van der Waals surface area (Å²) in [6.45, 7) is 3.19. The van der Waals surface area contributed by atoms with E-state index in [4.69, 9.17) is 0 Å². The summed E-state index contributed by atoms with van der Waals surface area (Å²) in [7, 11) is 1.94. The Morgan fingerprint density at radius 3 is 2.89 bits per heavy atom. The number of rotatable bonds is 6. The van der Waals surface area contributed by atoms with Gasteiger partial charge in [0.1, 0.15) is 12.2 Å². The van der Waals surface area contributed by atoms with Gasteiger partial charge in [0.15, 0.2) is 0 Å². The molecule has 0 saturated carbocycles. The number of halogens is 1. The fourth-order valence-electron chi connectivity index (χ4n) is 2.04. The van der Waals surface area contributed by atoms with Crippen LogP contribution in [0.3, 0.4) is 0 Å².